The van der Waals surface area contributed by atoms with E-state index in [9.17, 15) is 24.9 Å². The first kappa shape index (κ1) is 31.3. The Hall–Kier alpha value is -4.10. The van der Waals surface area contributed by atoms with E-state index in [1.165, 1.54) is 19.1 Å². The van der Waals surface area contributed by atoms with Crippen molar-refractivity contribution >= 4 is 22.8 Å². The molecular formula is C32H38N2O10. The number of ether oxygens (including phenoxy) is 4. The van der Waals surface area contributed by atoms with Gasteiger partial charge in [-0.25, -0.2) is 0 Å². The molecule has 2 aromatic carbocycles. The number of amides is 2. The van der Waals surface area contributed by atoms with Crippen LogP contribution in [0.2, 0.25) is 0 Å². The number of methoxy groups -OCH3 is 2. The maximum Gasteiger partial charge on any atom is 0.290 e. The van der Waals surface area contributed by atoms with E-state index < -0.39 is 36.0 Å². The lowest BCUT2D eigenvalue weighted by Gasteiger charge is -2.40. The van der Waals surface area contributed by atoms with E-state index in [4.69, 9.17) is 23.4 Å². The van der Waals surface area contributed by atoms with Gasteiger partial charge in [0.2, 0.25) is 5.91 Å². The summed E-state index contributed by atoms with van der Waals surface area (Å²) in [6.45, 7) is 2.40. The van der Waals surface area contributed by atoms with E-state index in [0.29, 0.717) is 59.0 Å². The molecule has 4 unspecified atom stereocenters. The van der Waals surface area contributed by atoms with Crippen LogP contribution in [0.4, 0.5) is 0 Å². The van der Waals surface area contributed by atoms with Crippen molar-refractivity contribution in [3.05, 3.63) is 64.9 Å². The van der Waals surface area contributed by atoms with Crippen molar-refractivity contribution in [2.75, 3.05) is 47.1 Å². The van der Waals surface area contributed by atoms with Gasteiger partial charge in [0.05, 0.1) is 39.4 Å². The predicted octanol–water partition coefficient (Wildman–Crippen LogP) is 2.13. The van der Waals surface area contributed by atoms with E-state index in [1.807, 2.05) is 6.92 Å². The van der Waals surface area contributed by atoms with Gasteiger partial charge in [0.15, 0.2) is 28.6 Å². The molecule has 3 aromatic rings. The van der Waals surface area contributed by atoms with Crippen LogP contribution in [0.25, 0.3) is 11.0 Å². The second kappa shape index (κ2) is 13.7. The minimum Gasteiger partial charge on any atom is -0.493 e. The number of para-hydroxylation sites is 1. The first-order chi connectivity index (χ1) is 21.4. The van der Waals surface area contributed by atoms with Gasteiger partial charge >= 0.3 is 0 Å². The maximum atomic E-state index is 14.2. The lowest BCUT2D eigenvalue weighted by molar-refractivity contribution is -0.118. The summed E-state index contributed by atoms with van der Waals surface area (Å²) in [4.78, 5) is 29.2. The fourth-order valence-corrected chi connectivity index (χ4v) is 5.93. The lowest BCUT2D eigenvalue weighted by Crippen LogP contribution is -2.56. The average molecular weight is 611 g/mol. The molecule has 0 fully saturated rings. The highest BCUT2D eigenvalue weighted by atomic mass is 16.5. The summed E-state index contributed by atoms with van der Waals surface area (Å²) in [6, 6.07) is 9.31. The second-order valence-electron chi connectivity index (χ2n) is 10.6. The molecule has 0 bridgehead atoms. The van der Waals surface area contributed by atoms with Crippen molar-refractivity contribution in [2.45, 2.75) is 44.1 Å². The molecule has 2 aliphatic rings. The number of carbonyl (C=O) groups is 2. The Kier molecular flexibility index (Phi) is 9.74. The van der Waals surface area contributed by atoms with E-state index in [-0.39, 0.29) is 37.6 Å². The normalized spacial score (nSPS) is 20.4. The molecule has 236 valence electrons. The monoisotopic (exact) mass is 610 g/mol. The van der Waals surface area contributed by atoms with Crippen molar-refractivity contribution in [1.82, 2.24) is 10.2 Å². The molecule has 0 saturated carbocycles. The summed E-state index contributed by atoms with van der Waals surface area (Å²) < 4.78 is 28.7. The fourth-order valence-electron chi connectivity index (χ4n) is 5.93. The Morgan fingerprint density at radius 1 is 1.09 bits per heavy atom. The summed E-state index contributed by atoms with van der Waals surface area (Å²) in [7, 11) is 2.98. The highest BCUT2D eigenvalue weighted by Crippen LogP contribution is 2.51. The highest BCUT2D eigenvalue weighted by Gasteiger charge is 2.51. The van der Waals surface area contributed by atoms with Gasteiger partial charge < -0.3 is 48.9 Å². The summed E-state index contributed by atoms with van der Waals surface area (Å²) in [5, 5.41) is 34.5. The van der Waals surface area contributed by atoms with Crippen LogP contribution in [0.1, 0.15) is 40.9 Å². The Labute approximate surface area is 254 Å². The molecule has 44 heavy (non-hydrogen) atoms. The molecule has 12 heteroatoms. The quantitative estimate of drug-likeness (QED) is 0.211. The van der Waals surface area contributed by atoms with E-state index >= 15 is 0 Å². The largest absolute Gasteiger partial charge is 0.493 e. The number of aliphatic hydroxyl groups is 3. The number of furan rings is 1. The smallest absolute Gasteiger partial charge is 0.290 e. The molecule has 4 atom stereocenters. The summed E-state index contributed by atoms with van der Waals surface area (Å²) in [5.74, 6) is -0.498. The standard InChI is InChI=1S/C32H38N2O10/c1-4-42-12-6-10-34(32(39)25-15-19-7-5-8-23(40-2)28(19)43-25)22-16-21(31(38)33-9-11-35)26-20-13-18(17-36)14-24(41-3)29(20)44-30(26)27(22)37/h5,7-8,13-16,22,26-27,30,35-37H,4,6,9-12,17H2,1-3H3,(H,33,38). The van der Waals surface area contributed by atoms with Gasteiger partial charge in [-0.15, -0.1) is 0 Å². The number of aliphatic hydroxyl groups excluding tert-OH is 3. The van der Waals surface area contributed by atoms with Crippen molar-refractivity contribution in [1.29, 1.82) is 0 Å². The molecule has 1 aliphatic heterocycles. The van der Waals surface area contributed by atoms with Gasteiger partial charge in [0.1, 0.15) is 12.2 Å². The zero-order chi connectivity index (χ0) is 31.4. The minimum atomic E-state index is -1.26. The number of nitrogens with one attached hydrogen (secondary N) is 1. The molecular weight excluding hydrogens is 572 g/mol. The van der Waals surface area contributed by atoms with Gasteiger partial charge in [-0.1, -0.05) is 12.1 Å². The van der Waals surface area contributed by atoms with Crippen molar-refractivity contribution in [3.8, 4) is 17.2 Å². The van der Waals surface area contributed by atoms with Gasteiger partial charge in [-0.2, -0.15) is 0 Å². The molecule has 0 radical (unpaired) electrons. The van der Waals surface area contributed by atoms with Crippen molar-refractivity contribution < 1.29 is 48.3 Å². The van der Waals surface area contributed by atoms with E-state index in [2.05, 4.69) is 5.32 Å². The summed E-state index contributed by atoms with van der Waals surface area (Å²) in [5.41, 5.74) is 1.78. The van der Waals surface area contributed by atoms with Crippen molar-refractivity contribution in [2.24, 2.45) is 0 Å². The summed E-state index contributed by atoms with van der Waals surface area (Å²) in [6.07, 6.45) is -0.193. The molecule has 1 aliphatic carbocycles. The van der Waals surface area contributed by atoms with E-state index in [0.717, 1.165) is 0 Å². The number of carbonyl (C=O) groups excluding carboxylic acids is 2. The zero-order valence-electron chi connectivity index (χ0n) is 24.9. The van der Waals surface area contributed by atoms with Gasteiger partial charge in [0, 0.05) is 42.8 Å². The van der Waals surface area contributed by atoms with Gasteiger partial charge in [-0.05, 0) is 49.2 Å². The highest BCUT2D eigenvalue weighted by molar-refractivity contribution is 5.99. The number of hydrogen-bond donors (Lipinski definition) is 4. The van der Waals surface area contributed by atoms with Gasteiger partial charge in [-0.3, -0.25) is 9.59 Å². The Morgan fingerprint density at radius 2 is 1.89 bits per heavy atom. The SMILES string of the molecule is CCOCCCN(C(=O)c1cc2cccc(OC)c2o1)C1C=C(C(=O)NCCO)C2c3cc(CO)cc(OC)c3OC2C1O. The summed E-state index contributed by atoms with van der Waals surface area (Å²) >= 11 is 0. The van der Waals surface area contributed by atoms with Crippen LogP contribution in [-0.4, -0.2) is 97.4 Å². The number of fused-ring (bicyclic) bond motifs is 4. The molecule has 2 heterocycles. The topological polar surface area (TPSA) is 160 Å². The molecule has 0 spiro atoms. The number of rotatable bonds is 13. The van der Waals surface area contributed by atoms with Crippen LogP contribution in [0.15, 0.2) is 52.5 Å². The van der Waals surface area contributed by atoms with Crippen molar-refractivity contribution in [3.63, 3.8) is 0 Å². The Balaban J connectivity index is 1.59. The van der Waals surface area contributed by atoms with Crippen LogP contribution in [0, 0.1) is 0 Å². The third-order valence-corrected chi connectivity index (χ3v) is 7.95. The fraction of sp³-hybridized carbons (Fsp3) is 0.438. The van der Waals surface area contributed by atoms with Crippen LogP contribution < -0.4 is 19.5 Å². The number of hydrogen-bond acceptors (Lipinski definition) is 10. The minimum absolute atomic E-state index is 0.00626. The number of benzene rings is 2. The van der Waals surface area contributed by atoms with E-state index in [1.54, 1.807) is 42.5 Å². The number of nitrogens with zero attached hydrogens (tertiary/aromatic N) is 1. The molecule has 0 saturated heterocycles. The Morgan fingerprint density at radius 3 is 2.59 bits per heavy atom. The zero-order valence-corrected chi connectivity index (χ0v) is 24.9. The molecule has 1 aromatic heterocycles. The van der Waals surface area contributed by atoms with Gasteiger partial charge in [0.25, 0.3) is 5.91 Å². The predicted molar refractivity (Wildman–Crippen MR) is 159 cm³/mol. The first-order valence-electron chi connectivity index (χ1n) is 14.6. The lowest BCUT2D eigenvalue weighted by atomic mass is 9.77. The maximum absolute atomic E-state index is 14.2. The van der Waals surface area contributed by atoms with Crippen LogP contribution >= 0.6 is 0 Å². The molecule has 12 nitrogen and oxygen atoms in total. The Bertz CT molecular complexity index is 1530. The third kappa shape index (κ3) is 5.85. The third-order valence-electron chi connectivity index (χ3n) is 7.95. The van der Waals surface area contributed by atoms with Crippen LogP contribution in [0.5, 0.6) is 17.2 Å². The first-order valence-corrected chi connectivity index (χ1v) is 14.6. The second-order valence-corrected chi connectivity index (χ2v) is 10.6. The van der Waals surface area contributed by atoms with Crippen LogP contribution in [0.3, 0.4) is 0 Å². The van der Waals surface area contributed by atoms with Crippen LogP contribution in [-0.2, 0) is 16.1 Å². The molecule has 5 rings (SSSR count). The molecule has 2 amide bonds. The average Bonchev–Trinajstić information content (AvgIpc) is 3.66. The molecule has 4 N–H and O–H groups in total.